The molecule has 32 heavy (non-hydrogen) atoms. The number of nitrogens with zero attached hydrogens (tertiary/aromatic N) is 4. The molecule has 0 bridgehead atoms. The summed E-state index contributed by atoms with van der Waals surface area (Å²) in [5.74, 6) is 1.02. The van der Waals surface area contributed by atoms with E-state index in [-0.39, 0.29) is 10.6 Å². The van der Waals surface area contributed by atoms with E-state index in [4.69, 9.17) is 16.3 Å². The number of phenols is 1. The number of tetrazole rings is 1. The van der Waals surface area contributed by atoms with Crippen molar-refractivity contribution in [3.8, 4) is 28.6 Å². The number of rotatable bonds is 5. The van der Waals surface area contributed by atoms with Gasteiger partial charge in [-0.25, -0.2) is 13.5 Å². The Morgan fingerprint density at radius 1 is 1.06 bits per heavy atom. The van der Waals surface area contributed by atoms with E-state index in [9.17, 15) is 13.5 Å². The van der Waals surface area contributed by atoms with Crippen LogP contribution >= 0.6 is 11.6 Å². The number of nitrogens with one attached hydrogen (secondary N) is 1. The second kappa shape index (κ2) is 8.34. The number of aromatic amines is 1. The molecule has 11 heteroatoms. The number of H-pyrrole nitrogens is 1. The zero-order valence-corrected chi connectivity index (χ0v) is 18.8. The third-order valence-corrected chi connectivity index (χ3v) is 8.20. The molecule has 0 atom stereocenters. The van der Waals surface area contributed by atoms with Crippen LogP contribution in [0.15, 0.2) is 29.2 Å². The lowest BCUT2D eigenvalue weighted by Gasteiger charge is -2.26. The maximum Gasteiger partial charge on any atom is 0.246 e. The third kappa shape index (κ3) is 3.72. The number of aromatic hydroxyl groups is 1. The molecule has 2 aromatic carbocycles. The van der Waals surface area contributed by atoms with Crippen molar-refractivity contribution in [1.82, 2.24) is 24.9 Å². The standard InChI is InChI=1S/C21H22ClN5O4S/c22-17-12-16(21-23-25-26-24-21)14-5-4-6-15(14)20(17)31-13-7-8-18(28)19(11-13)32(29,30)27-9-2-1-3-10-27/h7-8,11-12,28H,1-6,9-10H2,(H,23,24,25,26). The van der Waals surface area contributed by atoms with Gasteiger partial charge in [-0.1, -0.05) is 18.0 Å². The Morgan fingerprint density at radius 2 is 1.84 bits per heavy atom. The second-order valence-corrected chi connectivity index (χ2v) is 10.3. The van der Waals surface area contributed by atoms with Gasteiger partial charge < -0.3 is 9.84 Å². The first-order valence-corrected chi connectivity index (χ1v) is 12.4. The van der Waals surface area contributed by atoms with Crippen molar-refractivity contribution in [2.24, 2.45) is 0 Å². The van der Waals surface area contributed by atoms with Crippen molar-refractivity contribution >= 4 is 21.6 Å². The molecular weight excluding hydrogens is 454 g/mol. The summed E-state index contributed by atoms with van der Waals surface area (Å²) in [5.41, 5.74) is 2.85. The van der Waals surface area contributed by atoms with Crippen LogP contribution in [0.1, 0.15) is 36.8 Å². The molecule has 1 aliphatic heterocycles. The lowest BCUT2D eigenvalue weighted by Crippen LogP contribution is -2.35. The summed E-state index contributed by atoms with van der Waals surface area (Å²) in [6.07, 6.45) is 5.17. The molecule has 0 unspecified atom stereocenters. The first-order valence-electron chi connectivity index (χ1n) is 10.5. The third-order valence-electron chi connectivity index (χ3n) is 5.99. The van der Waals surface area contributed by atoms with Crippen molar-refractivity contribution in [2.75, 3.05) is 13.1 Å². The van der Waals surface area contributed by atoms with E-state index in [1.54, 1.807) is 6.07 Å². The van der Waals surface area contributed by atoms with E-state index in [1.807, 2.05) is 0 Å². The highest BCUT2D eigenvalue weighted by molar-refractivity contribution is 7.89. The van der Waals surface area contributed by atoms with Crippen molar-refractivity contribution in [3.63, 3.8) is 0 Å². The zero-order valence-electron chi connectivity index (χ0n) is 17.2. The van der Waals surface area contributed by atoms with Gasteiger partial charge in [0.25, 0.3) is 0 Å². The Labute approximate surface area is 190 Å². The number of fused-ring (bicyclic) bond motifs is 1. The molecule has 9 nitrogen and oxygen atoms in total. The van der Waals surface area contributed by atoms with Gasteiger partial charge in [0, 0.05) is 30.3 Å². The highest BCUT2D eigenvalue weighted by Gasteiger charge is 2.30. The molecule has 0 radical (unpaired) electrons. The number of sulfonamides is 1. The summed E-state index contributed by atoms with van der Waals surface area (Å²) in [5, 5.41) is 24.7. The highest BCUT2D eigenvalue weighted by Crippen LogP contribution is 2.44. The van der Waals surface area contributed by atoms with Crippen LogP contribution in [0, 0.1) is 0 Å². The predicted molar refractivity (Wildman–Crippen MR) is 117 cm³/mol. The fourth-order valence-electron chi connectivity index (χ4n) is 4.44. The number of ether oxygens (including phenoxy) is 1. The highest BCUT2D eigenvalue weighted by atomic mass is 35.5. The SMILES string of the molecule is O=S(=O)(c1cc(Oc2c(Cl)cc(-c3nnn[nH]3)c3c2CCC3)ccc1O)N1CCCCC1. The van der Waals surface area contributed by atoms with Crippen LogP contribution in [-0.4, -0.2) is 51.5 Å². The Bertz CT molecular complexity index is 1260. The second-order valence-electron chi connectivity index (χ2n) is 7.99. The van der Waals surface area contributed by atoms with Crippen LogP contribution in [0.3, 0.4) is 0 Å². The number of halogens is 1. The van der Waals surface area contributed by atoms with Gasteiger partial charge in [-0.05, 0) is 66.3 Å². The monoisotopic (exact) mass is 475 g/mol. The normalized spacial score (nSPS) is 16.8. The van der Waals surface area contributed by atoms with Crippen LogP contribution in [-0.2, 0) is 22.9 Å². The van der Waals surface area contributed by atoms with E-state index >= 15 is 0 Å². The van der Waals surface area contributed by atoms with Gasteiger partial charge >= 0.3 is 0 Å². The summed E-state index contributed by atoms with van der Waals surface area (Å²) >= 11 is 6.58. The lowest BCUT2D eigenvalue weighted by molar-refractivity contribution is 0.344. The van der Waals surface area contributed by atoms with Crippen molar-refractivity contribution in [3.05, 3.63) is 40.4 Å². The van der Waals surface area contributed by atoms with E-state index in [1.165, 1.54) is 22.5 Å². The largest absolute Gasteiger partial charge is 0.507 e. The Kier molecular flexibility index (Phi) is 5.52. The van der Waals surface area contributed by atoms with Crippen molar-refractivity contribution in [2.45, 2.75) is 43.4 Å². The molecule has 0 amide bonds. The molecule has 5 rings (SSSR count). The molecular formula is C21H22ClN5O4S. The topological polar surface area (TPSA) is 121 Å². The average Bonchev–Trinajstić information content (AvgIpc) is 3.50. The van der Waals surface area contributed by atoms with Gasteiger partial charge in [-0.15, -0.1) is 5.10 Å². The maximum atomic E-state index is 13.1. The minimum Gasteiger partial charge on any atom is -0.507 e. The molecule has 2 heterocycles. The first kappa shape index (κ1) is 21.2. The summed E-state index contributed by atoms with van der Waals surface area (Å²) in [4.78, 5) is -0.158. The van der Waals surface area contributed by atoms with Crippen LogP contribution in [0.4, 0.5) is 0 Å². The Hall–Kier alpha value is -2.69. The van der Waals surface area contributed by atoms with Crippen LogP contribution in [0.2, 0.25) is 5.02 Å². The smallest absolute Gasteiger partial charge is 0.246 e. The number of phenolic OH excluding ortho intramolecular Hbond substituents is 1. The fourth-order valence-corrected chi connectivity index (χ4v) is 6.31. The summed E-state index contributed by atoms with van der Waals surface area (Å²) < 4.78 is 33.7. The minimum absolute atomic E-state index is 0.158. The summed E-state index contributed by atoms with van der Waals surface area (Å²) in [6, 6.07) is 6.01. The van der Waals surface area contributed by atoms with Gasteiger partial charge in [0.1, 0.15) is 22.1 Å². The molecule has 0 saturated carbocycles. The van der Waals surface area contributed by atoms with Crippen LogP contribution in [0.5, 0.6) is 17.2 Å². The minimum atomic E-state index is -3.82. The van der Waals surface area contributed by atoms with E-state index in [0.29, 0.717) is 35.4 Å². The number of hydrogen-bond donors (Lipinski definition) is 2. The zero-order chi connectivity index (χ0) is 22.3. The molecule has 1 saturated heterocycles. The first-order chi connectivity index (χ1) is 15.4. The van der Waals surface area contributed by atoms with E-state index in [2.05, 4.69) is 20.6 Å². The predicted octanol–water partition coefficient (Wildman–Crippen LogP) is 3.68. The van der Waals surface area contributed by atoms with Gasteiger partial charge in [-0.3, -0.25) is 0 Å². The van der Waals surface area contributed by atoms with Gasteiger partial charge in [-0.2, -0.15) is 4.31 Å². The summed E-state index contributed by atoms with van der Waals surface area (Å²) in [7, 11) is -3.82. The summed E-state index contributed by atoms with van der Waals surface area (Å²) in [6.45, 7) is 0.897. The molecule has 3 aromatic rings. The Balaban J connectivity index is 1.52. The van der Waals surface area contributed by atoms with Crippen LogP contribution < -0.4 is 4.74 Å². The quantitative estimate of drug-likeness (QED) is 0.577. The molecule has 1 aromatic heterocycles. The van der Waals surface area contributed by atoms with Gasteiger partial charge in [0.2, 0.25) is 10.0 Å². The number of aromatic nitrogens is 4. The number of piperidine rings is 1. The molecule has 168 valence electrons. The molecule has 2 N–H and O–H groups in total. The van der Waals surface area contributed by atoms with E-state index in [0.717, 1.165) is 55.2 Å². The molecule has 2 aliphatic rings. The molecule has 1 aliphatic carbocycles. The van der Waals surface area contributed by atoms with Gasteiger partial charge in [0.15, 0.2) is 5.82 Å². The number of hydrogen-bond acceptors (Lipinski definition) is 7. The Morgan fingerprint density at radius 3 is 2.59 bits per heavy atom. The van der Waals surface area contributed by atoms with Crippen molar-refractivity contribution < 1.29 is 18.3 Å². The van der Waals surface area contributed by atoms with Crippen LogP contribution in [0.25, 0.3) is 11.4 Å². The maximum absolute atomic E-state index is 13.1. The van der Waals surface area contributed by atoms with E-state index < -0.39 is 10.0 Å². The molecule has 0 spiro atoms. The number of benzene rings is 2. The average molecular weight is 476 g/mol. The lowest BCUT2D eigenvalue weighted by atomic mass is 10.0. The van der Waals surface area contributed by atoms with Gasteiger partial charge in [0.05, 0.1) is 5.02 Å². The van der Waals surface area contributed by atoms with Crippen molar-refractivity contribution in [1.29, 1.82) is 0 Å². The fraction of sp³-hybridized carbons (Fsp3) is 0.381. The molecule has 1 fully saturated rings.